The lowest BCUT2D eigenvalue weighted by Crippen LogP contribution is -2.72. The Morgan fingerprint density at radius 1 is 1.03 bits per heavy atom. The van der Waals surface area contributed by atoms with Crippen LogP contribution in [0.15, 0.2) is 30.3 Å². The van der Waals surface area contributed by atoms with Crippen molar-refractivity contribution in [2.75, 3.05) is 26.3 Å². The maximum atomic E-state index is 11.0. The first kappa shape index (κ1) is 26.8. The Labute approximate surface area is 220 Å². The second-order valence-electron chi connectivity index (χ2n) is 11.6. The molecule has 5 atom stereocenters. The predicted molar refractivity (Wildman–Crippen MR) is 142 cm³/mol. The summed E-state index contributed by atoms with van der Waals surface area (Å²) in [5, 5.41) is 12.5. The van der Waals surface area contributed by atoms with Crippen molar-refractivity contribution in [3.63, 3.8) is 0 Å². The number of hydroxylamine groups is 2. The first-order valence-corrected chi connectivity index (χ1v) is 17.2. The summed E-state index contributed by atoms with van der Waals surface area (Å²) in [7, 11) is -5.67. The Kier molecular flexibility index (Phi) is 7.99. The third kappa shape index (κ3) is 4.96. The number of aliphatic hydroxyl groups excluding tert-OH is 1. The van der Waals surface area contributed by atoms with Crippen LogP contribution < -0.4 is 4.74 Å². The molecule has 3 aliphatic rings. The van der Waals surface area contributed by atoms with E-state index >= 15 is 0 Å². The zero-order valence-electron chi connectivity index (χ0n) is 24.0. The van der Waals surface area contributed by atoms with Gasteiger partial charge in [-0.3, -0.25) is 4.84 Å². The van der Waals surface area contributed by atoms with Gasteiger partial charge in [-0.1, -0.05) is 73.6 Å². The Hall–Kier alpha value is -0.826. The lowest BCUT2D eigenvalue weighted by molar-refractivity contribution is -0.316. The zero-order chi connectivity index (χ0) is 27.2. The molecular weight excluding hydrogens is 494 g/mol. The van der Waals surface area contributed by atoms with E-state index in [0.29, 0.717) is 5.75 Å². The lowest BCUT2D eigenvalue weighted by Gasteiger charge is -2.55. The summed E-state index contributed by atoms with van der Waals surface area (Å²) in [4.78, 5) is 6.19. The van der Waals surface area contributed by atoms with Crippen LogP contribution in [-0.2, 0) is 22.5 Å². The molecule has 0 radical (unpaired) electrons. The predicted octanol–water partition coefficient (Wildman–Crippen LogP) is 4.73. The van der Waals surface area contributed by atoms with E-state index in [0.717, 1.165) is 0 Å². The second-order valence-corrected chi connectivity index (χ2v) is 20.4. The molecule has 0 amide bonds. The summed E-state index contributed by atoms with van der Waals surface area (Å²) in [6, 6.07) is 9.35. The first-order chi connectivity index (χ1) is 17.4. The van der Waals surface area contributed by atoms with Crippen LogP contribution in [-0.4, -0.2) is 77.7 Å². The summed E-state index contributed by atoms with van der Waals surface area (Å²) in [5.41, 5.74) is -0.266. The smallest absolute Gasteiger partial charge is 0.335 e. The summed E-state index contributed by atoms with van der Waals surface area (Å²) in [5.74, 6) is 0.663. The third-order valence-electron chi connectivity index (χ3n) is 7.80. The molecule has 4 rings (SSSR count). The van der Waals surface area contributed by atoms with Gasteiger partial charge in [0.25, 0.3) is 0 Å². The molecule has 10 heteroatoms. The van der Waals surface area contributed by atoms with Crippen molar-refractivity contribution in [1.82, 2.24) is 5.06 Å². The van der Waals surface area contributed by atoms with Gasteiger partial charge in [0.15, 0.2) is 6.23 Å². The van der Waals surface area contributed by atoms with Gasteiger partial charge in [0, 0.05) is 0 Å². The van der Waals surface area contributed by atoms with Crippen molar-refractivity contribution in [2.45, 2.75) is 102 Å². The van der Waals surface area contributed by atoms with E-state index in [-0.39, 0.29) is 41.9 Å². The molecule has 3 aliphatic heterocycles. The van der Waals surface area contributed by atoms with Crippen LogP contribution in [0.25, 0.3) is 0 Å². The summed E-state index contributed by atoms with van der Waals surface area (Å²) in [6.45, 7) is 16.8. The standard InChI is InChI=1S/C26H45NO7Si2/c1-18(2)35(19(3)4)31-17-26-16-27(24(28)15-29-22-12-10-9-11-13-22)32-23(14-30-26)25(26)33-36(34-35,20(5)6)21(7)8/h9-13,18-21,23-25,28H,14-17H2,1-8H3/t23-,24?,25?,26-/m1/s1/i14T/t14-,23+,24?,25?,26+/m0. The van der Waals surface area contributed by atoms with Crippen molar-refractivity contribution in [3.05, 3.63) is 30.3 Å². The van der Waals surface area contributed by atoms with Gasteiger partial charge in [-0.2, -0.15) is 5.06 Å². The van der Waals surface area contributed by atoms with Crippen molar-refractivity contribution in [2.24, 2.45) is 0 Å². The average molecular weight is 542 g/mol. The molecule has 1 aromatic rings. The van der Waals surface area contributed by atoms with Gasteiger partial charge >= 0.3 is 17.1 Å². The van der Waals surface area contributed by atoms with Crippen LogP contribution in [0.4, 0.5) is 0 Å². The van der Waals surface area contributed by atoms with Crippen molar-refractivity contribution in [1.29, 1.82) is 0 Å². The Balaban J connectivity index is 1.67. The van der Waals surface area contributed by atoms with E-state index in [1.807, 2.05) is 30.3 Å². The molecule has 3 fully saturated rings. The molecule has 1 aromatic carbocycles. The molecule has 3 saturated heterocycles. The van der Waals surface area contributed by atoms with Crippen LogP contribution in [0.2, 0.25) is 22.2 Å². The number of hydrogen-bond acceptors (Lipinski definition) is 8. The van der Waals surface area contributed by atoms with Crippen LogP contribution >= 0.6 is 0 Å². The number of hydrogen-bond donors (Lipinski definition) is 1. The molecule has 36 heavy (non-hydrogen) atoms. The van der Waals surface area contributed by atoms with E-state index < -0.39 is 47.7 Å². The highest BCUT2D eigenvalue weighted by atomic mass is 28.5. The molecule has 3 heterocycles. The highest BCUT2D eigenvalue weighted by Crippen LogP contribution is 2.50. The van der Waals surface area contributed by atoms with Crippen molar-refractivity contribution in [3.8, 4) is 5.75 Å². The zero-order valence-corrected chi connectivity index (χ0v) is 25.0. The van der Waals surface area contributed by atoms with Crippen LogP contribution in [0.1, 0.15) is 56.8 Å². The SMILES string of the molecule is [3H][C@@H]1O[C@]23CO[Si](C(C)C)(C(C)C)O[Si](C(C)C)(C(C)C)OC2[C@@H]1ON(C(O)COc1ccccc1)C3. The minimum Gasteiger partial charge on any atom is -0.489 e. The average Bonchev–Trinajstić information content (AvgIpc) is 2.97. The Bertz CT molecular complexity index is 892. The molecule has 0 saturated carbocycles. The van der Waals surface area contributed by atoms with Crippen LogP contribution in [0, 0.1) is 0 Å². The second kappa shape index (κ2) is 10.7. The maximum absolute atomic E-state index is 11.0. The minimum absolute atomic E-state index is 0.0122. The first-order valence-electron chi connectivity index (χ1n) is 13.9. The topological polar surface area (TPSA) is 78.9 Å². The summed E-state index contributed by atoms with van der Waals surface area (Å²) >= 11 is 0. The van der Waals surface area contributed by atoms with E-state index in [1.165, 1.54) is 5.06 Å². The van der Waals surface area contributed by atoms with E-state index in [4.69, 9.17) is 28.6 Å². The van der Waals surface area contributed by atoms with Gasteiger partial charge in [-0.25, -0.2) is 0 Å². The normalized spacial score (nSPS) is 33.4. The molecule has 8 nitrogen and oxygen atoms in total. The highest BCUT2D eigenvalue weighted by molar-refractivity contribution is 6.84. The molecule has 0 spiro atoms. The number of nitrogens with zero attached hydrogens (tertiary/aromatic N) is 1. The Morgan fingerprint density at radius 3 is 2.22 bits per heavy atom. The number of para-hydroxylation sites is 1. The molecule has 0 aromatic heterocycles. The third-order valence-corrected chi connectivity index (χ3v) is 18.0. The quantitative estimate of drug-likeness (QED) is 0.474. The highest BCUT2D eigenvalue weighted by Gasteiger charge is 2.66. The van der Waals surface area contributed by atoms with E-state index in [1.54, 1.807) is 0 Å². The van der Waals surface area contributed by atoms with Gasteiger partial charge in [-0.15, -0.1) is 0 Å². The van der Waals surface area contributed by atoms with Crippen LogP contribution in [0.3, 0.4) is 0 Å². The molecular formula is C26H45NO7Si2. The van der Waals surface area contributed by atoms with Crippen LogP contribution in [0.5, 0.6) is 5.75 Å². The van der Waals surface area contributed by atoms with Crippen molar-refractivity contribution < 1.29 is 33.8 Å². The molecule has 0 aliphatic carbocycles. The fraction of sp³-hybridized carbons (Fsp3) is 0.769. The fourth-order valence-electron chi connectivity index (χ4n) is 5.73. The minimum atomic E-state index is -2.89. The van der Waals surface area contributed by atoms with Crippen molar-refractivity contribution >= 4 is 17.1 Å². The lowest BCUT2D eigenvalue weighted by atomic mass is 9.95. The number of ether oxygens (including phenoxy) is 2. The summed E-state index contributed by atoms with van der Waals surface area (Å²) in [6.07, 6.45) is -2.30. The van der Waals surface area contributed by atoms with Gasteiger partial charge in [0.1, 0.15) is 30.2 Å². The monoisotopic (exact) mass is 541 g/mol. The van der Waals surface area contributed by atoms with E-state index in [2.05, 4.69) is 55.4 Å². The fourth-order valence-corrected chi connectivity index (χ4v) is 17.0. The number of rotatable bonds is 8. The molecule has 1 N–H and O–H groups in total. The van der Waals surface area contributed by atoms with E-state index in [9.17, 15) is 5.11 Å². The molecule has 204 valence electrons. The largest absolute Gasteiger partial charge is 0.489 e. The van der Waals surface area contributed by atoms with Gasteiger partial charge in [0.2, 0.25) is 0 Å². The molecule has 2 bridgehead atoms. The number of aliphatic hydroxyl groups is 1. The summed E-state index contributed by atoms with van der Waals surface area (Å²) < 4.78 is 42.2. The van der Waals surface area contributed by atoms with Gasteiger partial charge in [-0.05, 0) is 34.3 Å². The van der Waals surface area contributed by atoms with Gasteiger partial charge < -0.3 is 27.5 Å². The number of benzene rings is 1. The van der Waals surface area contributed by atoms with Gasteiger partial charge in [0.05, 0.1) is 21.1 Å². The molecule has 2 unspecified atom stereocenters. The maximum Gasteiger partial charge on any atom is 0.335 e. The Morgan fingerprint density at radius 2 is 1.64 bits per heavy atom.